The Balaban J connectivity index is 1.93. The lowest BCUT2D eigenvalue weighted by molar-refractivity contribution is 0.1000. The minimum atomic E-state index is -0.453. The number of rotatable bonds is 5. The Morgan fingerprint density at radius 1 is 1.27 bits per heavy atom. The third kappa shape index (κ3) is 4.23. The third-order valence-corrected chi connectivity index (χ3v) is 4.27. The molecule has 0 aromatic heterocycles. The molecule has 0 bridgehead atoms. The predicted octanol–water partition coefficient (Wildman–Crippen LogP) is 2.65. The van der Waals surface area contributed by atoms with Gasteiger partial charge in [0.2, 0.25) is 5.91 Å². The standard InChI is InChI=1S/C17H25N3O2/c1-2-20(15-9-4-3-5-10-15)17(22)19-12-13-7-6-8-14(11-13)16(18)21/h6-8,11,15H,2-5,9-10,12H2,1H3,(H2,18,21)(H,19,22). The van der Waals surface area contributed by atoms with E-state index in [9.17, 15) is 9.59 Å². The van der Waals surface area contributed by atoms with Crippen LogP contribution >= 0.6 is 0 Å². The molecule has 0 atom stereocenters. The number of urea groups is 1. The van der Waals surface area contributed by atoms with E-state index in [0.717, 1.165) is 24.9 Å². The number of nitrogens with zero attached hydrogens (tertiary/aromatic N) is 1. The number of nitrogens with one attached hydrogen (secondary N) is 1. The second-order valence-electron chi connectivity index (χ2n) is 5.80. The van der Waals surface area contributed by atoms with E-state index >= 15 is 0 Å². The number of hydrogen-bond donors (Lipinski definition) is 2. The van der Waals surface area contributed by atoms with Crippen molar-refractivity contribution >= 4 is 11.9 Å². The maximum atomic E-state index is 12.4. The summed E-state index contributed by atoms with van der Waals surface area (Å²) in [5.41, 5.74) is 6.61. The molecule has 5 nitrogen and oxygen atoms in total. The topological polar surface area (TPSA) is 75.4 Å². The lowest BCUT2D eigenvalue weighted by Crippen LogP contribution is -2.46. The molecule has 0 heterocycles. The van der Waals surface area contributed by atoms with Gasteiger partial charge < -0.3 is 16.0 Å². The summed E-state index contributed by atoms with van der Waals surface area (Å²) in [5, 5.41) is 2.95. The molecule has 2 rings (SSSR count). The van der Waals surface area contributed by atoms with E-state index in [0.29, 0.717) is 18.2 Å². The van der Waals surface area contributed by atoms with Crippen LogP contribution in [-0.2, 0) is 6.54 Å². The highest BCUT2D eigenvalue weighted by Gasteiger charge is 2.23. The number of carbonyl (C=O) groups excluding carboxylic acids is 2. The van der Waals surface area contributed by atoms with Crippen LogP contribution in [0.3, 0.4) is 0 Å². The first-order valence-corrected chi connectivity index (χ1v) is 8.05. The maximum Gasteiger partial charge on any atom is 0.317 e. The van der Waals surface area contributed by atoms with Crippen LogP contribution in [-0.4, -0.2) is 29.4 Å². The third-order valence-electron chi connectivity index (χ3n) is 4.27. The largest absolute Gasteiger partial charge is 0.366 e. The van der Waals surface area contributed by atoms with Gasteiger partial charge in [-0.1, -0.05) is 31.4 Å². The highest BCUT2D eigenvalue weighted by molar-refractivity contribution is 5.92. The lowest BCUT2D eigenvalue weighted by atomic mass is 9.94. The number of nitrogens with two attached hydrogens (primary N) is 1. The monoisotopic (exact) mass is 303 g/mol. The zero-order valence-electron chi connectivity index (χ0n) is 13.2. The summed E-state index contributed by atoms with van der Waals surface area (Å²) in [6.45, 7) is 3.14. The Morgan fingerprint density at radius 3 is 2.64 bits per heavy atom. The fourth-order valence-electron chi connectivity index (χ4n) is 3.07. The van der Waals surface area contributed by atoms with E-state index in [1.807, 2.05) is 17.9 Å². The summed E-state index contributed by atoms with van der Waals surface area (Å²) >= 11 is 0. The van der Waals surface area contributed by atoms with Gasteiger partial charge in [-0.3, -0.25) is 4.79 Å². The van der Waals surface area contributed by atoms with Gasteiger partial charge in [0.25, 0.3) is 0 Å². The smallest absolute Gasteiger partial charge is 0.317 e. The molecular weight excluding hydrogens is 278 g/mol. The molecule has 5 heteroatoms. The predicted molar refractivity (Wildman–Crippen MR) is 86.4 cm³/mol. The number of primary amides is 1. The van der Waals surface area contributed by atoms with Crippen LogP contribution in [0.2, 0.25) is 0 Å². The SMILES string of the molecule is CCN(C(=O)NCc1cccc(C(N)=O)c1)C1CCCCC1. The summed E-state index contributed by atoms with van der Waals surface area (Å²) in [4.78, 5) is 25.5. The molecule has 22 heavy (non-hydrogen) atoms. The Hall–Kier alpha value is -2.04. The summed E-state index contributed by atoms with van der Waals surface area (Å²) in [7, 11) is 0. The zero-order valence-corrected chi connectivity index (χ0v) is 13.2. The van der Waals surface area contributed by atoms with Gasteiger partial charge >= 0.3 is 6.03 Å². The van der Waals surface area contributed by atoms with Crippen molar-refractivity contribution in [3.63, 3.8) is 0 Å². The first-order valence-electron chi connectivity index (χ1n) is 8.05. The first kappa shape index (κ1) is 16.3. The van der Waals surface area contributed by atoms with Crippen molar-refractivity contribution < 1.29 is 9.59 Å². The molecule has 1 aliphatic rings. The normalized spacial score (nSPS) is 15.3. The van der Waals surface area contributed by atoms with Crippen LogP contribution in [0.4, 0.5) is 4.79 Å². The van der Waals surface area contributed by atoms with Crippen molar-refractivity contribution in [2.75, 3.05) is 6.54 Å². The van der Waals surface area contributed by atoms with Crippen molar-refractivity contribution in [2.45, 2.75) is 51.6 Å². The lowest BCUT2D eigenvalue weighted by Gasteiger charge is -2.33. The number of benzene rings is 1. The van der Waals surface area contributed by atoms with Crippen LogP contribution in [0.25, 0.3) is 0 Å². The molecule has 1 aromatic carbocycles. The summed E-state index contributed by atoms with van der Waals surface area (Å²) in [6.07, 6.45) is 5.87. The molecule has 1 saturated carbocycles. The average molecular weight is 303 g/mol. The van der Waals surface area contributed by atoms with Crippen molar-refractivity contribution in [3.8, 4) is 0 Å². The van der Waals surface area contributed by atoms with Crippen LogP contribution in [0.1, 0.15) is 54.9 Å². The van der Waals surface area contributed by atoms with E-state index in [1.165, 1.54) is 19.3 Å². The van der Waals surface area contributed by atoms with Gasteiger partial charge in [0.1, 0.15) is 0 Å². The number of hydrogen-bond acceptors (Lipinski definition) is 2. The van der Waals surface area contributed by atoms with Gasteiger partial charge in [0.05, 0.1) is 0 Å². The van der Waals surface area contributed by atoms with Crippen LogP contribution in [0.5, 0.6) is 0 Å². The molecule has 1 fully saturated rings. The molecule has 3 N–H and O–H groups in total. The van der Waals surface area contributed by atoms with Crippen LogP contribution in [0, 0.1) is 0 Å². The van der Waals surface area contributed by atoms with Gasteiger partial charge in [-0.05, 0) is 37.5 Å². The van der Waals surface area contributed by atoms with Gasteiger partial charge in [-0.15, -0.1) is 0 Å². The molecule has 0 saturated heterocycles. The fourth-order valence-corrected chi connectivity index (χ4v) is 3.07. The molecule has 120 valence electrons. The molecule has 0 aliphatic heterocycles. The highest BCUT2D eigenvalue weighted by atomic mass is 16.2. The summed E-state index contributed by atoms with van der Waals surface area (Å²) in [6, 6.07) is 7.38. The molecule has 0 unspecified atom stereocenters. The van der Waals surface area contributed by atoms with Gasteiger partial charge in [-0.2, -0.15) is 0 Å². The molecule has 1 aromatic rings. The molecule has 0 radical (unpaired) electrons. The quantitative estimate of drug-likeness (QED) is 0.877. The van der Waals surface area contributed by atoms with E-state index in [-0.39, 0.29) is 6.03 Å². The first-order chi connectivity index (χ1) is 10.6. The zero-order chi connectivity index (χ0) is 15.9. The highest BCUT2D eigenvalue weighted by Crippen LogP contribution is 2.22. The van der Waals surface area contributed by atoms with Crippen LogP contribution in [0.15, 0.2) is 24.3 Å². The Morgan fingerprint density at radius 2 is 2.00 bits per heavy atom. The van der Waals surface area contributed by atoms with E-state index in [1.54, 1.807) is 18.2 Å². The van der Waals surface area contributed by atoms with E-state index in [2.05, 4.69) is 5.32 Å². The van der Waals surface area contributed by atoms with Gasteiger partial charge in [0, 0.05) is 24.7 Å². The molecular formula is C17H25N3O2. The fraction of sp³-hybridized carbons (Fsp3) is 0.529. The average Bonchev–Trinajstić information content (AvgIpc) is 2.55. The Labute approximate surface area is 131 Å². The van der Waals surface area contributed by atoms with E-state index in [4.69, 9.17) is 5.73 Å². The van der Waals surface area contributed by atoms with Crippen LogP contribution < -0.4 is 11.1 Å². The Kier molecular flexibility index (Phi) is 5.81. The van der Waals surface area contributed by atoms with Crippen molar-refractivity contribution in [2.24, 2.45) is 5.73 Å². The minimum Gasteiger partial charge on any atom is -0.366 e. The minimum absolute atomic E-state index is 0.0288. The second kappa shape index (κ2) is 7.82. The van der Waals surface area contributed by atoms with Crippen molar-refractivity contribution in [3.05, 3.63) is 35.4 Å². The second-order valence-corrected chi connectivity index (χ2v) is 5.80. The molecule has 0 spiro atoms. The summed E-state index contributed by atoms with van der Waals surface area (Å²) in [5.74, 6) is -0.453. The number of carbonyl (C=O) groups is 2. The molecule has 1 aliphatic carbocycles. The summed E-state index contributed by atoms with van der Waals surface area (Å²) < 4.78 is 0. The Bertz CT molecular complexity index is 524. The van der Waals surface area contributed by atoms with Gasteiger partial charge in [0.15, 0.2) is 0 Å². The number of amides is 3. The maximum absolute atomic E-state index is 12.4. The van der Waals surface area contributed by atoms with Crippen molar-refractivity contribution in [1.29, 1.82) is 0 Å². The molecule has 3 amide bonds. The van der Waals surface area contributed by atoms with Gasteiger partial charge in [-0.25, -0.2) is 4.79 Å². The van der Waals surface area contributed by atoms with E-state index < -0.39 is 5.91 Å². The van der Waals surface area contributed by atoms with Crippen molar-refractivity contribution in [1.82, 2.24) is 10.2 Å².